The van der Waals surface area contributed by atoms with Crippen LogP contribution < -0.4 is 5.73 Å². The number of rotatable bonds is 3. The van der Waals surface area contributed by atoms with Gasteiger partial charge in [0.25, 0.3) is 6.04 Å². The fraction of sp³-hybridized carbons (Fsp3) is 0.167. The van der Waals surface area contributed by atoms with Crippen LogP contribution in [0.1, 0.15) is 0 Å². The van der Waals surface area contributed by atoms with Crippen LogP contribution in [-0.4, -0.2) is 16.0 Å². The van der Waals surface area contributed by atoms with Gasteiger partial charge in [0.05, 0.1) is 10.7 Å². The van der Waals surface area contributed by atoms with E-state index in [9.17, 15) is 10.1 Å². The van der Waals surface area contributed by atoms with E-state index in [0.717, 1.165) is 0 Å². The first-order valence-electron chi connectivity index (χ1n) is 5.59. The van der Waals surface area contributed by atoms with Crippen molar-refractivity contribution >= 4 is 28.9 Å². The van der Waals surface area contributed by atoms with Gasteiger partial charge in [-0.05, 0) is 24.3 Å². The number of halogens is 2. The minimum atomic E-state index is -1.56. The molecule has 20 heavy (non-hydrogen) atoms. The number of nitrogens with zero attached hydrogens (tertiary/aromatic N) is 3. The lowest BCUT2D eigenvalue weighted by atomic mass is 10.0. The molecule has 0 amide bonds. The Kier molecular flexibility index (Phi) is 4.17. The van der Waals surface area contributed by atoms with E-state index in [0.29, 0.717) is 16.4 Å². The van der Waals surface area contributed by atoms with Crippen LogP contribution in [0.2, 0.25) is 5.02 Å². The Labute approximate surface area is 124 Å². The summed E-state index contributed by atoms with van der Waals surface area (Å²) in [6, 6.07) is 5.60. The van der Waals surface area contributed by atoms with E-state index in [2.05, 4.69) is 10.2 Å². The maximum atomic E-state index is 10.9. The van der Waals surface area contributed by atoms with Gasteiger partial charge in [0, 0.05) is 11.0 Å². The van der Waals surface area contributed by atoms with Crippen molar-refractivity contribution in [2.45, 2.75) is 11.0 Å². The second-order valence-electron chi connectivity index (χ2n) is 4.13. The quantitative estimate of drug-likeness (QED) is 0.304. The van der Waals surface area contributed by atoms with Crippen LogP contribution in [0.4, 0.5) is 5.69 Å². The molecule has 0 aliphatic heterocycles. The van der Waals surface area contributed by atoms with E-state index in [1.54, 1.807) is 24.3 Å². The van der Waals surface area contributed by atoms with Crippen LogP contribution in [0.15, 0.2) is 58.4 Å². The van der Waals surface area contributed by atoms with E-state index >= 15 is 0 Å². The summed E-state index contributed by atoms with van der Waals surface area (Å²) in [6.07, 6.45) is 4.06. The molecule has 1 aromatic rings. The molecule has 1 aromatic carbocycles. The van der Waals surface area contributed by atoms with Crippen LogP contribution >= 0.6 is 23.2 Å². The van der Waals surface area contributed by atoms with Gasteiger partial charge < -0.3 is 5.73 Å². The molecule has 0 heterocycles. The number of nitro groups is 1. The van der Waals surface area contributed by atoms with Crippen molar-refractivity contribution in [1.82, 2.24) is 0 Å². The molecule has 2 atom stereocenters. The lowest BCUT2D eigenvalue weighted by Gasteiger charge is -2.22. The maximum absolute atomic E-state index is 10.9. The van der Waals surface area contributed by atoms with Crippen molar-refractivity contribution in [3.8, 4) is 0 Å². The van der Waals surface area contributed by atoms with E-state index in [-0.39, 0.29) is 0 Å². The lowest BCUT2D eigenvalue weighted by molar-refractivity contribution is -0.513. The molecule has 1 aliphatic rings. The second-order valence-corrected chi connectivity index (χ2v) is 5.20. The Bertz CT molecular complexity index is 626. The Morgan fingerprint density at radius 1 is 1.35 bits per heavy atom. The number of alkyl halides is 1. The van der Waals surface area contributed by atoms with Crippen molar-refractivity contribution in [1.29, 1.82) is 0 Å². The fourth-order valence-corrected chi connectivity index (χ4v) is 1.97. The molecule has 0 aromatic heterocycles. The van der Waals surface area contributed by atoms with Gasteiger partial charge in [0.2, 0.25) is 0 Å². The SMILES string of the molecule is NC1(Cl)C=CC(N=Nc2ccccc2Cl)=CC1[N+](=O)[O-]. The van der Waals surface area contributed by atoms with Gasteiger partial charge in [-0.3, -0.25) is 10.1 Å². The molecule has 1 aliphatic carbocycles. The number of hydrogen-bond donors (Lipinski definition) is 1. The van der Waals surface area contributed by atoms with Gasteiger partial charge in [-0.2, -0.15) is 5.11 Å². The molecule has 0 fully saturated rings. The molecule has 6 nitrogen and oxygen atoms in total. The molecule has 104 valence electrons. The standard InChI is InChI=1S/C12H10Cl2N4O2/c13-9-3-1-2-4-10(9)17-16-8-5-6-12(14,15)11(7-8)18(19)20/h1-7,11H,15H2. The first-order chi connectivity index (χ1) is 9.40. The minimum Gasteiger partial charge on any atom is -0.303 e. The van der Waals surface area contributed by atoms with Gasteiger partial charge in [-0.25, -0.2) is 0 Å². The maximum Gasteiger partial charge on any atom is 0.268 e. The molecule has 0 saturated carbocycles. The van der Waals surface area contributed by atoms with E-state index in [4.69, 9.17) is 28.9 Å². The average Bonchev–Trinajstić information content (AvgIpc) is 2.38. The number of azo groups is 1. The van der Waals surface area contributed by atoms with Gasteiger partial charge in [0.15, 0.2) is 5.00 Å². The van der Waals surface area contributed by atoms with Crippen molar-refractivity contribution in [2.24, 2.45) is 16.0 Å². The zero-order chi connectivity index (χ0) is 14.8. The predicted molar refractivity (Wildman–Crippen MR) is 76.7 cm³/mol. The second kappa shape index (κ2) is 5.70. The molecule has 0 spiro atoms. The van der Waals surface area contributed by atoms with Crippen molar-refractivity contribution in [3.05, 3.63) is 63.3 Å². The van der Waals surface area contributed by atoms with Crippen LogP contribution in [0.3, 0.4) is 0 Å². The summed E-state index contributed by atoms with van der Waals surface area (Å²) in [5, 5.41) is 19.2. The molecular formula is C12H10Cl2N4O2. The first kappa shape index (κ1) is 14.6. The van der Waals surface area contributed by atoms with Crippen LogP contribution in [0, 0.1) is 10.1 Å². The van der Waals surface area contributed by atoms with Gasteiger partial charge >= 0.3 is 0 Å². The molecule has 2 rings (SSSR count). The molecule has 0 radical (unpaired) electrons. The third kappa shape index (κ3) is 3.22. The third-order valence-corrected chi connectivity index (χ3v) is 3.31. The highest BCUT2D eigenvalue weighted by molar-refractivity contribution is 6.32. The van der Waals surface area contributed by atoms with Gasteiger partial charge in [0.1, 0.15) is 5.69 Å². The molecule has 0 saturated heterocycles. The van der Waals surface area contributed by atoms with E-state index in [1.165, 1.54) is 18.2 Å². The zero-order valence-corrected chi connectivity index (χ0v) is 11.6. The topological polar surface area (TPSA) is 93.9 Å². The summed E-state index contributed by atoms with van der Waals surface area (Å²) in [4.78, 5) is 8.78. The normalized spacial score (nSPS) is 25.8. The first-order valence-corrected chi connectivity index (χ1v) is 6.34. The molecule has 8 heteroatoms. The summed E-state index contributed by atoms with van der Waals surface area (Å²) in [5.74, 6) is 0. The summed E-state index contributed by atoms with van der Waals surface area (Å²) < 4.78 is 0. The number of hydrogen-bond acceptors (Lipinski definition) is 5. The average molecular weight is 313 g/mol. The highest BCUT2D eigenvalue weighted by atomic mass is 35.5. The Morgan fingerprint density at radius 3 is 2.70 bits per heavy atom. The van der Waals surface area contributed by atoms with Crippen molar-refractivity contribution in [2.75, 3.05) is 0 Å². The molecular weight excluding hydrogens is 303 g/mol. The number of benzene rings is 1. The zero-order valence-electron chi connectivity index (χ0n) is 10.1. The van der Waals surface area contributed by atoms with E-state index in [1.807, 2.05) is 0 Å². The van der Waals surface area contributed by atoms with Crippen molar-refractivity contribution < 1.29 is 4.92 Å². The van der Waals surface area contributed by atoms with Crippen LogP contribution in [0.5, 0.6) is 0 Å². The Hall–Kier alpha value is -1.76. The smallest absolute Gasteiger partial charge is 0.268 e. The molecule has 2 N–H and O–H groups in total. The Balaban J connectivity index is 2.25. The fourth-order valence-electron chi connectivity index (χ4n) is 1.59. The van der Waals surface area contributed by atoms with Gasteiger partial charge in [-0.15, -0.1) is 5.11 Å². The lowest BCUT2D eigenvalue weighted by Crippen LogP contribution is -2.48. The van der Waals surface area contributed by atoms with Crippen LogP contribution in [0.25, 0.3) is 0 Å². The van der Waals surface area contributed by atoms with Crippen molar-refractivity contribution in [3.63, 3.8) is 0 Å². The summed E-state index contributed by atoms with van der Waals surface area (Å²) in [6.45, 7) is 0. The van der Waals surface area contributed by atoms with Gasteiger partial charge in [-0.1, -0.05) is 35.3 Å². The summed E-state index contributed by atoms with van der Waals surface area (Å²) >= 11 is 11.8. The third-order valence-electron chi connectivity index (χ3n) is 2.64. The highest BCUT2D eigenvalue weighted by Crippen LogP contribution is 2.28. The monoisotopic (exact) mass is 312 g/mol. The molecule has 2 unspecified atom stereocenters. The number of allylic oxidation sites excluding steroid dienone is 1. The highest BCUT2D eigenvalue weighted by Gasteiger charge is 2.40. The predicted octanol–water partition coefficient (Wildman–Crippen LogP) is 3.42. The van der Waals surface area contributed by atoms with E-state index < -0.39 is 16.0 Å². The summed E-state index contributed by atoms with van der Waals surface area (Å²) in [5.41, 5.74) is 6.38. The molecule has 0 bridgehead atoms. The largest absolute Gasteiger partial charge is 0.303 e. The summed E-state index contributed by atoms with van der Waals surface area (Å²) in [7, 11) is 0. The minimum absolute atomic E-state index is 0.299. The van der Waals surface area contributed by atoms with Crippen LogP contribution in [-0.2, 0) is 0 Å². The Morgan fingerprint density at radius 2 is 2.05 bits per heavy atom. The number of nitrogens with two attached hydrogens (primary N) is 1.